The van der Waals surface area contributed by atoms with Crippen molar-refractivity contribution in [2.24, 2.45) is 0 Å². The maximum Gasteiger partial charge on any atom is 0.353 e. The molecule has 0 unspecified atom stereocenters. The number of nitro benzene ring substituents is 1. The number of ether oxygens (including phenoxy) is 1. The third-order valence-electron chi connectivity index (χ3n) is 2.54. The lowest BCUT2D eigenvalue weighted by Gasteiger charge is -2.06. The van der Waals surface area contributed by atoms with Crippen LogP contribution in [0.1, 0.15) is 12.5 Å². The van der Waals surface area contributed by atoms with Gasteiger partial charge in [-0.1, -0.05) is 0 Å². The summed E-state index contributed by atoms with van der Waals surface area (Å²) in [5, 5.41) is 11.6. The van der Waals surface area contributed by atoms with Crippen LogP contribution in [-0.2, 0) is 0 Å². The molecule has 18 heavy (non-hydrogen) atoms. The van der Waals surface area contributed by atoms with Gasteiger partial charge in [0.1, 0.15) is 0 Å². The van der Waals surface area contributed by atoms with Crippen LogP contribution < -0.4 is 10.4 Å². The molecule has 6 heteroatoms. The molecule has 0 bridgehead atoms. The van der Waals surface area contributed by atoms with E-state index < -0.39 is 10.5 Å². The Bertz CT molecular complexity index is 674. The molecule has 1 aromatic heterocycles. The number of nitro groups is 1. The van der Waals surface area contributed by atoms with E-state index in [0.717, 1.165) is 0 Å². The zero-order valence-corrected chi connectivity index (χ0v) is 9.93. The zero-order chi connectivity index (χ0) is 13.3. The van der Waals surface area contributed by atoms with Gasteiger partial charge in [-0.3, -0.25) is 10.1 Å². The van der Waals surface area contributed by atoms with E-state index >= 15 is 0 Å². The topological polar surface area (TPSA) is 82.6 Å². The van der Waals surface area contributed by atoms with Crippen LogP contribution in [0.15, 0.2) is 27.4 Å². The van der Waals surface area contributed by atoms with Crippen molar-refractivity contribution in [2.45, 2.75) is 13.8 Å². The van der Waals surface area contributed by atoms with Crippen LogP contribution in [0, 0.1) is 17.0 Å². The molecule has 2 rings (SSSR count). The van der Waals surface area contributed by atoms with Crippen LogP contribution in [0.2, 0.25) is 0 Å². The average Bonchev–Trinajstić information content (AvgIpc) is 2.27. The van der Waals surface area contributed by atoms with Gasteiger partial charge in [-0.25, -0.2) is 4.79 Å². The Morgan fingerprint density at radius 1 is 1.44 bits per heavy atom. The summed E-state index contributed by atoms with van der Waals surface area (Å²) in [6.45, 7) is 3.71. The van der Waals surface area contributed by atoms with E-state index in [-0.39, 0.29) is 17.0 Å². The van der Waals surface area contributed by atoms with Crippen LogP contribution in [0.25, 0.3) is 11.0 Å². The van der Waals surface area contributed by atoms with Gasteiger partial charge in [0.05, 0.1) is 11.5 Å². The molecule has 0 amide bonds. The Balaban J connectivity index is 2.89. The molecule has 0 aliphatic rings. The third kappa shape index (κ3) is 1.92. The van der Waals surface area contributed by atoms with E-state index in [4.69, 9.17) is 9.15 Å². The van der Waals surface area contributed by atoms with Gasteiger partial charge in [-0.2, -0.15) is 0 Å². The minimum Gasteiger partial charge on any atom is -0.487 e. The lowest BCUT2D eigenvalue weighted by atomic mass is 10.1. The molecule has 0 radical (unpaired) electrons. The lowest BCUT2D eigenvalue weighted by Crippen LogP contribution is -2.02. The van der Waals surface area contributed by atoms with E-state index in [9.17, 15) is 14.9 Å². The molecule has 1 aromatic carbocycles. The fourth-order valence-electron chi connectivity index (χ4n) is 1.80. The van der Waals surface area contributed by atoms with Gasteiger partial charge in [-0.05, 0) is 31.5 Å². The number of hydrogen-bond acceptors (Lipinski definition) is 5. The first kappa shape index (κ1) is 12.1. The minimum absolute atomic E-state index is 0.0454. The quantitative estimate of drug-likeness (QED) is 0.474. The fraction of sp³-hybridized carbons (Fsp3) is 0.250. The molecular weight excluding hydrogens is 238 g/mol. The summed E-state index contributed by atoms with van der Waals surface area (Å²) in [7, 11) is 0. The Hall–Kier alpha value is -2.37. The number of fused-ring (bicyclic) bond motifs is 1. The molecule has 6 nitrogen and oxygen atoms in total. The van der Waals surface area contributed by atoms with Gasteiger partial charge in [-0.15, -0.1) is 0 Å². The lowest BCUT2D eigenvalue weighted by molar-refractivity contribution is -0.384. The van der Waals surface area contributed by atoms with Crippen molar-refractivity contribution in [3.8, 4) is 5.75 Å². The predicted octanol–water partition coefficient (Wildman–Crippen LogP) is 2.41. The van der Waals surface area contributed by atoms with Gasteiger partial charge in [0.2, 0.25) is 11.3 Å². The van der Waals surface area contributed by atoms with Crippen molar-refractivity contribution in [1.82, 2.24) is 0 Å². The fourth-order valence-corrected chi connectivity index (χ4v) is 1.80. The molecule has 94 valence electrons. The van der Waals surface area contributed by atoms with Gasteiger partial charge in [0.25, 0.3) is 0 Å². The van der Waals surface area contributed by atoms with Crippen molar-refractivity contribution in [1.29, 1.82) is 0 Å². The summed E-state index contributed by atoms with van der Waals surface area (Å²) in [5.74, 6) is 0.101. The van der Waals surface area contributed by atoms with Crippen LogP contribution >= 0.6 is 0 Å². The van der Waals surface area contributed by atoms with E-state index in [0.29, 0.717) is 17.6 Å². The minimum atomic E-state index is -0.614. The summed E-state index contributed by atoms with van der Waals surface area (Å²) in [6, 6.07) is 4.45. The normalized spacial score (nSPS) is 10.6. The van der Waals surface area contributed by atoms with Crippen molar-refractivity contribution in [2.75, 3.05) is 6.61 Å². The number of aryl methyl sites for hydroxylation is 1. The zero-order valence-electron chi connectivity index (χ0n) is 9.93. The van der Waals surface area contributed by atoms with Crippen LogP contribution in [-0.4, -0.2) is 11.5 Å². The van der Waals surface area contributed by atoms with Gasteiger partial charge < -0.3 is 9.15 Å². The Morgan fingerprint density at radius 2 is 2.17 bits per heavy atom. The first-order valence-corrected chi connectivity index (χ1v) is 5.39. The summed E-state index contributed by atoms with van der Waals surface area (Å²) in [5.41, 5.74) is -0.338. The second-order valence-electron chi connectivity index (χ2n) is 3.73. The first-order valence-electron chi connectivity index (χ1n) is 5.39. The highest BCUT2D eigenvalue weighted by molar-refractivity contribution is 5.90. The highest BCUT2D eigenvalue weighted by atomic mass is 16.6. The molecular formula is C12H11NO5. The van der Waals surface area contributed by atoms with E-state index in [2.05, 4.69) is 0 Å². The molecule has 0 atom stereocenters. The van der Waals surface area contributed by atoms with E-state index in [1.165, 1.54) is 12.1 Å². The standard InChI is InChI=1S/C12H11NO5/c1-3-17-9-5-4-8-7(2)6-10(14)18-12(8)11(9)13(15)16/h4-6H,3H2,1-2H3. The number of rotatable bonds is 3. The third-order valence-corrected chi connectivity index (χ3v) is 2.54. The van der Waals surface area contributed by atoms with Crippen molar-refractivity contribution < 1.29 is 14.1 Å². The van der Waals surface area contributed by atoms with Crippen molar-refractivity contribution in [3.05, 3.63) is 44.3 Å². The van der Waals surface area contributed by atoms with Crippen molar-refractivity contribution >= 4 is 16.7 Å². The average molecular weight is 249 g/mol. The largest absolute Gasteiger partial charge is 0.487 e. The molecule has 2 aromatic rings. The molecule has 0 spiro atoms. The predicted molar refractivity (Wildman–Crippen MR) is 65.0 cm³/mol. The summed E-state index contributed by atoms with van der Waals surface area (Å²) in [6.07, 6.45) is 0. The highest BCUT2D eigenvalue weighted by Gasteiger charge is 2.23. The molecule has 0 aliphatic carbocycles. The summed E-state index contributed by atoms with van der Waals surface area (Å²) < 4.78 is 10.1. The molecule has 0 aliphatic heterocycles. The first-order chi connectivity index (χ1) is 8.54. The molecule has 0 saturated heterocycles. The van der Waals surface area contributed by atoms with Gasteiger partial charge in [0.15, 0.2) is 0 Å². The second kappa shape index (κ2) is 4.48. The summed E-state index contributed by atoms with van der Waals surface area (Å²) in [4.78, 5) is 21.8. The maximum atomic E-state index is 11.3. The van der Waals surface area contributed by atoms with Gasteiger partial charge >= 0.3 is 11.3 Å². The second-order valence-corrected chi connectivity index (χ2v) is 3.73. The smallest absolute Gasteiger partial charge is 0.353 e. The number of nitrogens with zero attached hydrogens (tertiary/aromatic N) is 1. The van der Waals surface area contributed by atoms with E-state index in [1.54, 1.807) is 19.9 Å². The molecule has 0 fully saturated rings. The van der Waals surface area contributed by atoms with Gasteiger partial charge in [0, 0.05) is 11.5 Å². The van der Waals surface area contributed by atoms with Crippen LogP contribution in [0.4, 0.5) is 5.69 Å². The summed E-state index contributed by atoms with van der Waals surface area (Å²) >= 11 is 0. The molecule has 1 heterocycles. The SMILES string of the molecule is CCOc1ccc2c(C)cc(=O)oc2c1[N+](=O)[O-]. The van der Waals surface area contributed by atoms with Crippen molar-refractivity contribution in [3.63, 3.8) is 0 Å². The Morgan fingerprint density at radius 3 is 2.78 bits per heavy atom. The maximum absolute atomic E-state index is 11.3. The Labute approximate surface area is 102 Å². The highest BCUT2D eigenvalue weighted by Crippen LogP contribution is 2.35. The monoisotopic (exact) mass is 249 g/mol. The van der Waals surface area contributed by atoms with Crippen LogP contribution in [0.3, 0.4) is 0 Å². The molecule has 0 saturated carbocycles. The number of hydrogen-bond donors (Lipinski definition) is 0. The number of benzene rings is 1. The Kier molecular flexibility index (Phi) is 3.01. The molecule has 0 N–H and O–H groups in total. The van der Waals surface area contributed by atoms with E-state index in [1.807, 2.05) is 0 Å². The van der Waals surface area contributed by atoms with Crippen LogP contribution in [0.5, 0.6) is 5.75 Å².